The van der Waals surface area contributed by atoms with Crippen LogP contribution in [0.25, 0.3) is 0 Å². The first-order chi connectivity index (χ1) is 15.9. The fourth-order valence-corrected chi connectivity index (χ4v) is 5.73. The maximum absolute atomic E-state index is 14.4. The first-order valence-corrected chi connectivity index (χ1v) is 12.7. The SMILES string of the molecule is Cc1ccc([C@H]2CN(Cc3ccccc3F)C[C@@H]2CN(C(=O)C(C)C)C2CCCCC2)cc1. The summed E-state index contributed by atoms with van der Waals surface area (Å²) in [6, 6.07) is 16.3. The van der Waals surface area contributed by atoms with Gasteiger partial charge in [-0.1, -0.05) is 81.1 Å². The summed E-state index contributed by atoms with van der Waals surface area (Å²) in [6.07, 6.45) is 5.97. The molecule has 0 N–H and O–H groups in total. The van der Waals surface area contributed by atoms with Gasteiger partial charge in [-0.05, 0) is 37.3 Å². The minimum absolute atomic E-state index is 0.0145. The van der Waals surface area contributed by atoms with Crippen LogP contribution < -0.4 is 0 Å². The lowest BCUT2D eigenvalue weighted by atomic mass is 9.86. The molecule has 1 saturated heterocycles. The Morgan fingerprint density at radius 2 is 1.73 bits per heavy atom. The number of likely N-dealkylation sites (tertiary alicyclic amines) is 1. The fourth-order valence-electron chi connectivity index (χ4n) is 5.73. The van der Waals surface area contributed by atoms with Crippen LogP contribution in [-0.2, 0) is 11.3 Å². The highest BCUT2D eigenvalue weighted by Gasteiger charge is 2.38. The van der Waals surface area contributed by atoms with E-state index >= 15 is 0 Å². The topological polar surface area (TPSA) is 23.6 Å². The molecule has 2 aromatic carbocycles. The van der Waals surface area contributed by atoms with Crippen molar-refractivity contribution in [3.05, 3.63) is 71.0 Å². The van der Waals surface area contributed by atoms with E-state index in [4.69, 9.17) is 0 Å². The van der Waals surface area contributed by atoms with Gasteiger partial charge in [-0.15, -0.1) is 0 Å². The number of hydrogen-bond acceptors (Lipinski definition) is 2. The van der Waals surface area contributed by atoms with E-state index in [1.807, 2.05) is 26.0 Å². The average molecular weight is 451 g/mol. The van der Waals surface area contributed by atoms with Gasteiger partial charge >= 0.3 is 0 Å². The summed E-state index contributed by atoms with van der Waals surface area (Å²) < 4.78 is 14.4. The number of carbonyl (C=O) groups is 1. The summed E-state index contributed by atoms with van der Waals surface area (Å²) in [7, 11) is 0. The van der Waals surface area contributed by atoms with Gasteiger partial charge in [0.25, 0.3) is 0 Å². The molecule has 178 valence electrons. The van der Waals surface area contributed by atoms with E-state index in [-0.39, 0.29) is 17.6 Å². The highest BCUT2D eigenvalue weighted by molar-refractivity contribution is 5.78. The Labute approximate surface area is 199 Å². The van der Waals surface area contributed by atoms with Crippen molar-refractivity contribution in [3.63, 3.8) is 0 Å². The van der Waals surface area contributed by atoms with Crippen LogP contribution in [0.1, 0.15) is 68.6 Å². The van der Waals surface area contributed by atoms with Crippen LogP contribution >= 0.6 is 0 Å². The molecule has 0 aromatic heterocycles. The lowest BCUT2D eigenvalue weighted by Gasteiger charge is -2.38. The van der Waals surface area contributed by atoms with Gasteiger partial charge in [0.15, 0.2) is 0 Å². The standard InChI is InChI=1S/C29H39FN2O/c1-21(2)29(33)32(26-10-5-4-6-11-26)19-25-18-31(17-24-9-7-8-12-28(24)30)20-27(25)23-15-13-22(3)14-16-23/h7-9,12-16,21,25-27H,4-6,10-11,17-20H2,1-3H3/t25-,27-/m1/s1. The maximum atomic E-state index is 14.4. The van der Waals surface area contributed by atoms with Gasteiger partial charge < -0.3 is 4.90 Å². The van der Waals surface area contributed by atoms with Gasteiger partial charge in [-0.2, -0.15) is 0 Å². The van der Waals surface area contributed by atoms with Crippen molar-refractivity contribution in [2.75, 3.05) is 19.6 Å². The molecule has 2 aliphatic rings. The lowest BCUT2D eigenvalue weighted by Crippen LogP contribution is -2.47. The van der Waals surface area contributed by atoms with Crippen LogP contribution in [0.4, 0.5) is 4.39 Å². The molecule has 0 spiro atoms. The molecule has 0 bridgehead atoms. The molecule has 3 nitrogen and oxygen atoms in total. The monoisotopic (exact) mass is 450 g/mol. The average Bonchev–Trinajstić information content (AvgIpc) is 3.21. The van der Waals surface area contributed by atoms with Crippen molar-refractivity contribution in [3.8, 4) is 0 Å². The number of amides is 1. The third-order valence-corrected chi connectivity index (χ3v) is 7.60. The summed E-state index contributed by atoms with van der Waals surface area (Å²) in [5, 5.41) is 0. The Hall–Kier alpha value is -2.20. The van der Waals surface area contributed by atoms with Gasteiger partial charge in [-0.3, -0.25) is 9.69 Å². The fraction of sp³-hybridized carbons (Fsp3) is 0.552. The molecule has 0 radical (unpaired) electrons. The summed E-state index contributed by atoms with van der Waals surface area (Å²) in [5.74, 6) is 0.872. The number of rotatable bonds is 7. The summed E-state index contributed by atoms with van der Waals surface area (Å²) in [5.41, 5.74) is 3.35. The molecule has 4 rings (SSSR count). The molecule has 0 unspecified atom stereocenters. The largest absolute Gasteiger partial charge is 0.339 e. The van der Waals surface area contributed by atoms with Crippen molar-refractivity contribution in [2.24, 2.45) is 11.8 Å². The zero-order valence-electron chi connectivity index (χ0n) is 20.5. The lowest BCUT2D eigenvalue weighted by molar-refractivity contribution is -0.138. The number of aryl methyl sites for hydroxylation is 1. The van der Waals surface area contributed by atoms with E-state index in [9.17, 15) is 9.18 Å². The zero-order valence-corrected chi connectivity index (χ0v) is 20.5. The second-order valence-corrected chi connectivity index (χ2v) is 10.5. The van der Waals surface area contributed by atoms with Crippen LogP contribution in [-0.4, -0.2) is 41.4 Å². The van der Waals surface area contributed by atoms with Gasteiger partial charge in [0.2, 0.25) is 5.91 Å². The minimum Gasteiger partial charge on any atom is -0.339 e. The molecular weight excluding hydrogens is 411 g/mol. The van der Waals surface area contributed by atoms with Crippen molar-refractivity contribution in [2.45, 2.75) is 71.4 Å². The number of halogens is 1. The van der Waals surface area contributed by atoms with Gasteiger partial charge in [0.05, 0.1) is 0 Å². The van der Waals surface area contributed by atoms with E-state index in [1.165, 1.54) is 30.4 Å². The van der Waals surface area contributed by atoms with Crippen LogP contribution in [0.2, 0.25) is 0 Å². The normalized spacial score (nSPS) is 22.1. The van der Waals surface area contributed by atoms with Crippen molar-refractivity contribution in [1.82, 2.24) is 9.80 Å². The molecule has 1 saturated carbocycles. The molecule has 1 heterocycles. The Balaban J connectivity index is 1.58. The molecule has 2 atom stereocenters. The highest BCUT2D eigenvalue weighted by atomic mass is 19.1. The summed E-state index contributed by atoms with van der Waals surface area (Å²) >= 11 is 0. The van der Waals surface area contributed by atoms with E-state index in [0.29, 0.717) is 24.4 Å². The first-order valence-electron chi connectivity index (χ1n) is 12.7. The number of carbonyl (C=O) groups excluding carboxylic acids is 1. The third-order valence-electron chi connectivity index (χ3n) is 7.60. The summed E-state index contributed by atoms with van der Waals surface area (Å²) in [6.45, 7) is 9.37. The molecule has 2 aromatic rings. The molecule has 33 heavy (non-hydrogen) atoms. The van der Waals surface area contributed by atoms with Crippen molar-refractivity contribution >= 4 is 5.91 Å². The molecule has 4 heteroatoms. The Morgan fingerprint density at radius 1 is 1.03 bits per heavy atom. The third kappa shape index (κ3) is 5.84. The highest BCUT2D eigenvalue weighted by Crippen LogP contribution is 2.36. The Morgan fingerprint density at radius 3 is 2.39 bits per heavy atom. The second-order valence-electron chi connectivity index (χ2n) is 10.5. The predicted molar refractivity (Wildman–Crippen MR) is 133 cm³/mol. The smallest absolute Gasteiger partial charge is 0.225 e. The quantitative estimate of drug-likeness (QED) is 0.504. The number of nitrogens with zero attached hydrogens (tertiary/aromatic N) is 2. The van der Waals surface area contributed by atoms with Gasteiger partial charge in [0.1, 0.15) is 5.82 Å². The van der Waals surface area contributed by atoms with Gasteiger partial charge in [0, 0.05) is 49.6 Å². The van der Waals surface area contributed by atoms with Crippen LogP contribution in [0, 0.1) is 24.6 Å². The number of hydrogen-bond donors (Lipinski definition) is 0. The van der Waals surface area contributed by atoms with E-state index in [0.717, 1.165) is 38.0 Å². The van der Waals surface area contributed by atoms with Crippen LogP contribution in [0.3, 0.4) is 0 Å². The molecule has 1 aliphatic carbocycles. The van der Waals surface area contributed by atoms with Crippen LogP contribution in [0.15, 0.2) is 48.5 Å². The van der Waals surface area contributed by atoms with Crippen molar-refractivity contribution < 1.29 is 9.18 Å². The van der Waals surface area contributed by atoms with E-state index < -0.39 is 0 Å². The second kappa shape index (κ2) is 10.8. The first kappa shape index (κ1) is 23.9. The molecule has 1 aliphatic heterocycles. The van der Waals surface area contributed by atoms with E-state index in [1.54, 1.807) is 12.1 Å². The van der Waals surface area contributed by atoms with Crippen LogP contribution in [0.5, 0.6) is 0 Å². The Kier molecular flexibility index (Phi) is 7.85. The summed E-state index contributed by atoms with van der Waals surface area (Å²) in [4.78, 5) is 17.9. The van der Waals surface area contributed by atoms with Crippen molar-refractivity contribution in [1.29, 1.82) is 0 Å². The number of benzene rings is 2. The van der Waals surface area contributed by atoms with E-state index in [2.05, 4.69) is 41.0 Å². The molecule has 1 amide bonds. The zero-order chi connectivity index (χ0) is 23.4. The molecular formula is C29H39FN2O. The van der Waals surface area contributed by atoms with Gasteiger partial charge in [-0.25, -0.2) is 4.39 Å². The molecule has 2 fully saturated rings. The Bertz CT molecular complexity index is 919. The minimum atomic E-state index is -0.133. The predicted octanol–water partition coefficient (Wildman–Crippen LogP) is 6.17. The maximum Gasteiger partial charge on any atom is 0.225 e.